The van der Waals surface area contributed by atoms with Crippen LogP contribution in [-0.2, 0) is 4.79 Å². The Hall–Kier alpha value is -2.11. The summed E-state index contributed by atoms with van der Waals surface area (Å²) in [6.45, 7) is 3.24. The summed E-state index contributed by atoms with van der Waals surface area (Å²) < 4.78 is 13.1. The molecule has 1 aromatic carbocycles. The third kappa shape index (κ3) is 3.73. The molecule has 18 heavy (non-hydrogen) atoms. The van der Waals surface area contributed by atoms with E-state index in [0.717, 1.165) is 0 Å². The third-order valence-corrected chi connectivity index (χ3v) is 2.40. The minimum absolute atomic E-state index is 0.303. The maximum atomic E-state index is 13.1. The number of amides is 3. The second kappa shape index (κ2) is 6.00. The summed E-state index contributed by atoms with van der Waals surface area (Å²) in [5, 5.41) is 7.31. The van der Waals surface area contributed by atoms with Crippen LogP contribution in [0.2, 0.25) is 0 Å². The van der Waals surface area contributed by atoms with Crippen molar-refractivity contribution in [3.8, 4) is 0 Å². The summed E-state index contributed by atoms with van der Waals surface area (Å²) >= 11 is 0. The van der Waals surface area contributed by atoms with Gasteiger partial charge in [-0.1, -0.05) is 0 Å². The first-order chi connectivity index (χ1) is 8.43. The SMILES string of the molecule is CNC(=O)NC(=O)C(C)Nc1ccc(F)c(C)c1. The van der Waals surface area contributed by atoms with Crippen LogP contribution in [0.25, 0.3) is 0 Å². The molecule has 1 atom stereocenters. The fourth-order valence-electron chi connectivity index (χ4n) is 1.33. The molecule has 0 aliphatic rings. The Morgan fingerprint density at radius 3 is 2.56 bits per heavy atom. The van der Waals surface area contributed by atoms with Crippen LogP contribution in [-0.4, -0.2) is 25.0 Å². The van der Waals surface area contributed by atoms with Crippen LogP contribution < -0.4 is 16.0 Å². The fraction of sp³-hybridized carbons (Fsp3) is 0.333. The number of anilines is 1. The second-order valence-corrected chi connectivity index (χ2v) is 3.90. The maximum Gasteiger partial charge on any atom is 0.321 e. The number of imide groups is 1. The highest BCUT2D eigenvalue weighted by molar-refractivity contribution is 5.97. The molecule has 3 amide bonds. The molecule has 6 heteroatoms. The average molecular weight is 253 g/mol. The first kappa shape index (κ1) is 14.0. The number of nitrogens with one attached hydrogen (secondary N) is 3. The lowest BCUT2D eigenvalue weighted by atomic mass is 10.2. The van der Waals surface area contributed by atoms with Crippen LogP contribution >= 0.6 is 0 Å². The summed E-state index contributed by atoms with van der Waals surface area (Å²) in [4.78, 5) is 22.5. The predicted octanol–water partition coefficient (Wildman–Crippen LogP) is 1.39. The largest absolute Gasteiger partial charge is 0.374 e. The molecule has 0 saturated heterocycles. The molecule has 0 bridgehead atoms. The Balaban J connectivity index is 2.63. The number of halogens is 1. The quantitative estimate of drug-likeness (QED) is 0.762. The molecule has 0 radical (unpaired) electrons. The molecule has 0 fully saturated rings. The molecule has 0 aliphatic carbocycles. The molecule has 0 aliphatic heterocycles. The molecule has 1 rings (SSSR count). The monoisotopic (exact) mass is 253 g/mol. The lowest BCUT2D eigenvalue weighted by Gasteiger charge is -2.15. The fourth-order valence-corrected chi connectivity index (χ4v) is 1.33. The first-order valence-electron chi connectivity index (χ1n) is 5.49. The zero-order valence-corrected chi connectivity index (χ0v) is 10.5. The Morgan fingerprint density at radius 1 is 1.33 bits per heavy atom. The van der Waals surface area contributed by atoms with Crippen LogP contribution in [0.1, 0.15) is 12.5 Å². The molecule has 0 spiro atoms. The minimum atomic E-state index is -0.604. The number of hydrogen-bond acceptors (Lipinski definition) is 3. The predicted molar refractivity (Wildman–Crippen MR) is 66.8 cm³/mol. The molecular formula is C12H16FN3O2. The number of hydrogen-bond donors (Lipinski definition) is 3. The number of aryl methyl sites for hydroxylation is 1. The highest BCUT2D eigenvalue weighted by Crippen LogP contribution is 2.14. The summed E-state index contributed by atoms with van der Waals surface area (Å²) in [6.07, 6.45) is 0. The van der Waals surface area contributed by atoms with Crippen molar-refractivity contribution in [1.82, 2.24) is 10.6 Å². The van der Waals surface area contributed by atoms with Crippen LogP contribution in [0.15, 0.2) is 18.2 Å². The van der Waals surface area contributed by atoms with Gasteiger partial charge in [-0.2, -0.15) is 0 Å². The van der Waals surface area contributed by atoms with Gasteiger partial charge < -0.3 is 10.6 Å². The summed E-state index contributed by atoms with van der Waals surface area (Å²) in [6, 6.07) is 3.28. The van der Waals surface area contributed by atoms with Gasteiger partial charge in [0, 0.05) is 12.7 Å². The van der Waals surface area contributed by atoms with E-state index in [1.165, 1.54) is 19.2 Å². The highest BCUT2D eigenvalue weighted by Gasteiger charge is 2.15. The number of urea groups is 1. The van der Waals surface area contributed by atoms with E-state index in [9.17, 15) is 14.0 Å². The molecule has 1 unspecified atom stereocenters. The summed E-state index contributed by atoms with van der Waals surface area (Å²) in [7, 11) is 1.42. The van der Waals surface area contributed by atoms with Gasteiger partial charge in [-0.3, -0.25) is 10.1 Å². The molecular weight excluding hydrogens is 237 g/mol. The van der Waals surface area contributed by atoms with Gasteiger partial charge >= 0.3 is 6.03 Å². The van der Waals surface area contributed by atoms with Crippen molar-refractivity contribution in [2.45, 2.75) is 19.9 Å². The zero-order valence-electron chi connectivity index (χ0n) is 10.5. The average Bonchev–Trinajstić information content (AvgIpc) is 2.33. The summed E-state index contributed by atoms with van der Waals surface area (Å²) in [5.41, 5.74) is 1.10. The van der Waals surface area contributed by atoms with Crippen molar-refractivity contribution >= 4 is 17.6 Å². The van der Waals surface area contributed by atoms with Crippen molar-refractivity contribution in [2.24, 2.45) is 0 Å². The summed E-state index contributed by atoms with van der Waals surface area (Å²) in [5.74, 6) is -0.764. The standard InChI is InChI=1S/C12H16FN3O2/c1-7-6-9(4-5-10(7)13)15-8(2)11(17)16-12(18)14-3/h4-6,8,15H,1-3H3,(H2,14,16,17,18). The Kier molecular flexibility index (Phi) is 4.65. The molecule has 0 aromatic heterocycles. The van der Waals surface area contributed by atoms with Crippen LogP contribution in [0, 0.1) is 12.7 Å². The van der Waals surface area contributed by atoms with E-state index in [2.05, 4.69) is 16.0 Å². The van der Waals surface area contributed by atoms with Gasteiger partial charge in [0.15, 0.2) is 0 Å². The van der Waals surface area contributed by atoms with Gasteiger partial charge in [0.05, 0.1) is 0 Å². The van der Waals surface area contributed by atoms with E-state index in [-0.39, 0.29) is 5.82 Å². The number of rotatable bonds is 3. The smallest absolute Gasteiger partial charge is 0.321 e. The van der Waals surface area contributed by atoms with E-state index < -0.39 is 18.0 Å². The first-order valence-corrected chi connectivity index (χ1v) is 5.49. The molecule has 0 saturated carbocycles. The highest BCUT2D eigenvalue weighted by atomic mass is 19.1. The lowest BCUT2D eigenvalue weighted by molar-refractivity contribution is -0.120. The lowest BCUT2D eigenvalue weighted by Crippen LogP contribution is -2.44. The van der Waals surface area contributed by atoms with Gasteiger partial charge in [-0.15, -0.1) is 0 Å². The van der Waals surface area contributed by atoms with E-state index in [1.807, 2.05) is 0 Å². The van der Waals surface area contributed by atoms with Gasteiger partial charge in [0.2, 0.25) is 5.91 Å². The van der Waals surface area contributed by atoms with Crippen molar-refractivity contribution in [2.75, 3.05) is 12.4 Å². The van der Waals surface area contributed by atoms with Crippen LogP contribution in [0.4, 0.5) is 14.9 Å². The van der Waals surface area contributed by atoms with Crippen molar-refractivity contribution < 1.29 is 14.0 Å². The molecule has 3 N–H and O–H groups in total. The van der Waals surface area contributed by atoms with Gasteiger partial charge in [-0.05, 0) is 37.6 Å². The number of carbonyl (C=O) groups is 2. The van der Waals surface area contributed by atoms with Crippen LogP contribution in [0.5, 0.6) is 0 Å². The van der Waals surface area contributed by atoms with Crippen molar-refractivity contribution in [3.63, 3.8) is 0 Å². The van der Waals surface area contributed by atoms with Crippen molar-refractivity contribution in [3.05, 3.63) is 29.6 Å². The Labute approximate surface area is 105 Å². The topological polar surface area (TPSA) is 70.2 Å². The zero-order chi connectivity index (χ0) is 13.7. The normalized spacial score (nSPS) is 11.6. The van der Waals surface area contributed by atoms with Gasteiger partial charge in [-0.25, -0.2) is 9.18 Å². The van der Waals surface area contributed by atoms with Crippen LogP contribution in [0.3, 0.4) is 0 Å². The molecule has 1 aromatic rings. The third-order valence-electron chi connectivity index (χ3n) is 2.40. The Bertz CT molecular complexity index is 463. The van der Waals surface area contributed by atoms with E-state index >= 15 is 0 Å². The number of benzene rings is 1. The second-order valence-electron chi connectivity index (χ2n) is 3.90. The molecule has 0 heterocycles. The molecule has 98 valence electrons. The van der Waals surface area contributed by atoms with Crippen molar-refractivity contribution in [1.29, 1.82) is 0 Å². The van der Waals surface area contributed by atoms with E-state index in [1.54, 1.807) is 19.9 Å². The molecule has 5 nitrogen and oxygen atoms in total. The van der Waals surface area contributed by atoms with E-state index in [0.29, 0.717) is 11.3 Å². The minimum Gasteiger partial charge on any atom is -0.374 e. The number of carbonyl (C=O) groups excluding carboxylic acids is 2. The Morgan fingerprint density at radius 2 is 2.00 bits per heavy atom. The maximum absolute atomic E-state index is 13.1. The van der Waals surface area contributed by atoms with Gasteiger partial charge in [0.25, 0.3) is 0 Å². The van der Waals surface area contributed by atoms with E-state index in [4.69, 9.17) is 0 Å². The van der Waals surface area contributed by atoms with Gasteiger partial charge in [0.1, 0.15) is 11.9 Å².